The fourth-order valence-electron chi connectivity index (χ4n) is 2.93. The summed E-state index contributed by atoms with van der Waals surface area (Å²) in [6, 6.07) is 9.76. The molecule has 0 aromatic heterocycles. The van der Waals surface area contributed by atoms with E-state index in [4.69, 9.17) is 14.2 Å². The fraction of sp³-hybridized carbons (Fsp3) is 0.632. The van der Waals surface area contributed by atoms with Gasteiger partial charge < -0.3 is 19.3 Å². The summed E-state index contributed by atoms with van der Waals surface area (Å²) in [6.45, 7) is 1.98. The van der Waals surface area contributed by atoms with Crippen LogP contribution in [-0.2, 0) is 19.0 Å². The molecule has 0 amide bonds. The van der Waals surface area contributed by atoms with Gasteiger partial charge in [0.05, 0.1) is 31.8 Å². The molecular formula is C19H28O5. The molecule has 24 heavy (non-hydrogen) atoms. The lowest BCUT2D eigenvalue weighted by Gasteiger charge is -2.36. The molecule has 1 N–H and O–H groups in total. The van der Waals surface area contributed by atoms with Gasteiger partial charge >= 0.3 is 5.97 Å². The molecule has 1 heterocycles. The van der Waals surface area contributed by atoms with Crippen LogP contribution in [-0.4, -0.2) is 36.5 Å². The molecule has 2 rings (SSSR count). The van der Waals surface area contributed by atoms with Crippen molar-refractivity contribution in [2.24, 2.45) is 0 Å². The maximum atomic E-state index is 11.6. The van der Waals surface area contributed by atoms with Crippen molar-refractivity contribution < 1.29 is 24.1 Å². The summed E-state index contributed by atoms with van der Waals surface area (Å²) in [5, 5.41) is 9.69. The molecule has 1 aliphatic heterocycles. The average Bonchev–Trinajstić information content (AvgIpc) is 2.62. The standard InChI is InChI=1S/C19H28O5/c1-3-15(20)10-7-11-16-12-17(13-18(21)22-2)24-19(23-16)14-8-5-4-6-9-14/h4-6,8-9,15-17,19-20H,3,7,10-13H2,1-2H3/t15?,16-,17-,19-/m0/s1. The molecule has 134 valence electrons. The van der Waals surface area contributed by atoms with E-state index in [-0.39, 0.29) is 30.7 Å². The van der Waals surface area contributed by atoms with E-state index in [0.717, 1.165) is 31.2 Å². The van der Waals surface area contributed by atoms with Crippen molar-refractivity contribution in [3.63, 3.8) is 0 Å². The highest BCUT2D eigenvalue weighted by Crippen LogP contribution is 2.33. The smallest absolute Gasteiger partial charge is 0.308 e. The van der Waals surface area contributed by atoms with E-state index in [1.54, 1.807) is 0 Å². The zero-order valence-corrected chi connectivity index (χ0v) is 14.5. The quantitative estimate of drug-likeness (QED) is 0.737. The third kappa shape index (κ3) is 5.89. The summed E-state index contributed by atoms with van der Waals surface area (Å²) in [6.07, 6.45) is 3.28. The second-order valence-corrected chi connectivity index (χ2v) is 6.27. The van der Waals surface area contributed by atoms with Crippen molar-refractivity contribution in [2.45, 2.75) is 70.1 Å². The minimum absolute atomic E-state index is 0.0164. The first-order chi connectivity index (χ1) is 11.6. The third-order valence-corrected chi connectivity index (χ3v) is 4.39. The SMILES string of the molecule is CCC(O)CCC[C@H]1C[C@@H](CC(=O)OC)O[C@@H](c2ccccc2)O1. The van der Waals surface area contributed by atoms with Gasteiger partial charge in [-0.15, -0.1) is 0 Å². The Morgan fingerprint density at radius 1 is 1.29 bits per heavy atom. The maximum absolute atomic E-state index is 11.6. The lowest BCUT2D eigenvalue weighted by Crippen LogP contribution is -2.35. The molecule has 4 atom stereocenters. The van der Waals surface area contributed by atoms with Gasteiger partial charge in [-0.25, -0.2) is 0 Å². The summed E-state index contributed by atoms with van der Waals surface area (Å²) in [5.41, 5.74) is 0.950. The van der Waals surface area contributed by atoms with Crippen LogP contribution >= 0.6 is 0 Å². The van der Waals surface area contributed by atoms with Crippen molar-refractivity contribution in [1.29, 1.82) is 0 Å². The number of aliphatic hydroxyl groups is 1. The Balaban J connectivity index is 1.97. The van der Waals surface area contributed by atoms with E-state index in [2.05, 4.69) is 0 Å². The number of methoxy groups -OCH3 is 1. The summed E-state index contributed by atoms with van der Waals surface area (Å²) < 4.78 is 16.8. The number of carbonyl (C=O) groups is 1. The zero-order chi connectivity index (χ0) is 17.4. The highest BCUT2D eigenvalue weighted by atomic mass is 16.7. The number of hydrogen-bond acceptors (Lipinski definition) is 5. The number of hydrogen-bond donors (Lipinski definition) is 1. The Labute approximate surface area is 143 Å². The Morgan fingerprint density at radius 2 is 2.00 bits per heavy atom. The van der Waals surface area contributed by atoms with E-state index in [9.17, 15) is 9.90 Å². The van der Waals surface area contributed by atoms with Gasteiger partial charge in [-0.3, -0.25) is 4.79 Å². The van der Waals surface area contributed by atoms with E-state index < -0.39 is 6.29 Å². The van der Waals surface area contributed by atoms with E-state index in [0.29, 0.717) is 6.42 Å². The minimum atomic E-state index is -0.462. The Kier molecular flexibility index (Phi) is 7.69. The lowest BCUT2D eigenvalue weighted by molar-refractivity contribution is -0.250. The number of ether oxygens (including phenoxy) is 3. The topological polar surface area (TPSA) is 65.0 Å². The van der Waals surface area contributed by atoms with Gasteiger partial charge in [-0.1, -0.05) is 37.3 Å². The molecule has 1 aliphatic rings. The van der Waals surface area contributed by atoms with Gasteiger partial charge in [0.1, 0.15) is 0 Å². The van der Waals surface area contributed by atoms with Crippen LogP contribution < -0.4 is 0 Å². The second-order valence-electron chi connectivity index (χ2n) is 6.27. The number of benzene rings is 1. The number of aliphatic hydroxyl groups excluding tert-OH is 1. The van der Waals surface area contributed by atoms with Crippen LogP contribution in [0.25, 0.3) is 0 Å². The normalized spacial score (nSPS) is 25.2. The predicted octanol–water partition coefficient (Wildman–Crippen LogP) is 3.36. The predicted molar refractivity (Wildman–Crippen MR) is 90.3 cm³/mol. The molecular weight excluding hydrogens is 308 g/mol. The number of esters is 1. The highest BCUT2D eigenvalue weighted by Gasteiger charge is 2.32. The molecule has 0 saturated carbocycles. The molecule has 1 saturated heterocycles. The Morgan fingerprint density at radius 3 is 2.67 bits per heavy atom. The van der Waals surface area contributed by atoms with Crippen LogP contribution in [0.15, 0.2) is 30.3 Å². The molecule has 5 nitrogen and oxygen atoms in total. The van der Waals surface area contributed by atoms with Crippen LogP contribution in [0.3, 0.4) is 0 Å². The van der Waals surface area contributed by atoms with Gasteiger partial charge in [0.25, 0.3) is 0 Å². The molecule has 1 aromatic rings. The molecule has 1 fully saturated rings. The zero-order valence-electron chi connectivity index (χ0n) is 14.5. The van der Waals surface area contributed by atoms with Crippen LogP contribution in [0, 0.1) is 0 Å². The molecule has 1 aromatic carbocycles. The summed E-state index contributed by atoms with van der Waals surface area (Å²) in [7, 11) is 1.39. The van der Waals surface area contributed by atoms with Gasteiger partial charge in [0.15, 0.2) is 6.29 Å². The van der Waals surface area contributed by atoms with E-state index >= 15 is 0 Å². The summed E-state index contributed by atoms with van der Waals surface area (Å²) >= 11 is 0. The van der Waals surface area contributed by atoms with Crippen LogP contribution in [0.5, 0.6) is 0 Å². The molecule has 0 spiro atoms. The summed E-state index contributed by atoms with van der Waals surface area (Å²) in [4.78, 5) is 11.6. The Bertz CT molecular complexity index is 490. The second kappa shape index (κ2) is 9.77. The first-order valence-electron chi connectivity index (χ1n) is 8.73. The van der Waals surface area contributed by atoms with Crippen molar-refractivity contribution in [2.75, 3.05) is 7.11 Å². The molecule has 0 radical (unpaired) electrons. The van der Waals surface area contributed by atoms with Crippen LogP contribution in [0.2, 0.25) is 0 Å². The molecule has 1 unspecified atom stereocenters. The van der Waals surface area contributed by atoms with Gasteiger partial charge in [0.2, 0.25) is 0 Å². The molecule has 0 bridgehead atoms. The number of rotatable bonds is 8. The first-order valence-corrected chi connectivity index (χ1v) is 8.73. The molecule has 0 aliphatic carbocycles. The van der Waals surface area contributed by atoms with Gasteiger partial charge in [0, 0.05) is 12.0 Å². The lowest BCUT2D eigenvalue weighted by atomic mass is 10.00. The maximum Gasteiger partial charge on any atom is 0.308 e. The van der Waals surface area contributed by atoms with Crippen molar-refractivity contribution >= 4 is 5.97 Å². The van der Waals surface area contributed by atoms with E-state index in [1.165, 1.54) is 7.11 Å². The summed E-state index contributed by atoms with van der Waals surface area (Å²) in [5.74, 6) is -0.270. The van der Waals surface area contributed by atoms with E-state index in [1.807, 2.05) is 37.3 Å². The minimum Gasteiger partial charge on any atom is -0.469 e. The Hall–Kier alpha value is -1.43. The highest BCUT2D eigenvalue weighted by molar-refractivity contribution is 5.69. The number of carbonyl (C=O) groups excluding carboxylic acids is 1. The molecule has 5 heteroatoms. The van der Waals surface area contributed by atoms with Crippen LogP contribution in [0.1, 0.15) is 57.3 Å². The average molecular weight is 336 g/mol. The first kappa shape index (κ1) is 18.9. The van der Waals surface area contributed by atoms with Crippen molar-refractivity contribution in [1.82, 2.24) is 0 Å². The van der Waals surface area contributed by atoms with Gasteiger partial charge in [-0.2, -0.15) is 0 Å². The monoisotopic (exact) mass is 336 g/mol. The van der Waals surface area contributed by atoms with Crippen LogP contribution in [0.4, 0.5) is 0 Å². The fourth-order valence-corrected chi connectivity index (χ4v) is 2.93. The largest absolute Gasteiger partial charge is 0.469 e. The van der Waals surface area contributed by atoms with Crippen molar-refractivity contribution in [3.8, 4) is 0 Å². The third-order valence-electron chi connectivity index (χ3n) is 4.39. The van der Waals surface area contributed by atoms with Crippen molar-refractivity contribution in [3.05, 3.63) is 35.9 Å². The van der Waals surface area contributed by atoms with Gasteiger partial charge in [-0.05, 0) is 25.7 Å².